The number of carboxylic acid groups (broad SMARTS) is 1. The van der Waals surface area contributed by atoms with Gasteiger partial charge in [-0.05, 0) is 56.4 Å². The summed E-state index contributed by atoms with van der Waals surface area (Å²) in [5.74, 6) is 0.983. The summed E-state index contributed by atoms with van der Waals surface area (Å²) in [4.78, 5) is 20.6. The Balaban J connectivity index is 1.76. The Labute approximate surface area is 187 Å². The monoisotopic (exact) mass is 429 g/mol. The van der Waals surface area contributed by atoms with E-state index < -0.39 is 5.97 Å². The van der Waals surface area contributed by atoms with Crippen LogP contribution in [0.5, 0.6) is 5.75 Å². The zero-order valence-electron chi connectivity index (χ0n) is 18.6. The van der Waals surface area contributed by atoms with Crippen LogP contribution in [0.2, 0.25) is 0 Å². The lowest BCUT2D eigenvalue weighted by atomic mass is 9.86. The van der Waals surface area contributed by atoms with E-state index in [4.69, 9.17) is 4.74 Å². The number of nitrogens with zero attached hydrogens (tertiary/aromatic N) is 2. The van der Waals surface area contributed by atoms with Crippen LogP contribution < -0.4 is 10.1 Å². The normalized spacial score (nSPS) is 15.8. The van der Waals surface area contributed by atoms with E-state index in [9.17, 15) is 9.90 Å². The topological polar surface area (TPSA) is 84.3 Å². The van der Waals surface area contributed by atoms with Crippen LogP contribution in [-0.2, 0) is 4.79 Å². The highest BCUT2D eigenvalue weighted by Crippen LogP contribution is 2.38. The molecule has 0 saturated carbocycles. The van der Waals surface area contributed by atoms with E-state index in [2.05, 4.69) is 27.9 Å². The number of carbonyl (C=O) groups is 1. The average molecular weight is 430 g/mol. The number of hydrogen-bond donors (Lipinski definition) is 2. The summed E-state index contributed by atoms with van der Waals surface area (Å²) in [7, 11) is 1.64. The standard InChI is InChI=1S/C26H27N3O3/c1-15-6-5-7-20(12-15)16(2)27-25-22-13-21(18-8-10-19(11-9-18)26(30)31)24(32-4)14-23(22)28-17(3)29-25/h5-8,12-14,19H,2,9-11H2,1,3-4H3,(H,30,31)(H,27,28,29). The minimum absolute atomic E-state index is 0.328. The number of aliphatic carboxylic acids is 1. The van der Waals surface area contributed by atoms with Gasteiger partial charge in [-0.2, -0.15) is 0 Å². The Morgan fingerprint density at radius 3 is 2.69 bits per heavy atom. The van der Waals surface area contributed by atoms with Crippen LogP contribution in [0.25, 0.3) is 22.2 Å². The highest BCUT2D eigenvalue weighted by Gasteiger charge is 2.23. The average Bonchev–Trinajstić information content (AvgIpc) is 2.78. The van der Waals surface area contributed by atoms with E-state index in [-0.39, 0.29) is 5.92 Å². The van der Waals surface area contributed by atoms with Crippen molar-refractivity contribution < 1.29 is 14.6 Å². The van der Waals surface area contributed by atoms with Crippen LogP contribution in [0.15, 0.2) is 49.1 Å². The largest absolute Gasteiger partial charge is 0.496 e. The van der Waals surface area contributed by atoms with E-state index in [0.29, 0.717) is 30.9 Å². The third-order valence-corrected chi connectivity index (χ3v) is 5.87. The lowest BCUT2D eigenvalue weighted by molar-refractivity contribution is -0.141. The number of aryl methyl sites for hydroxylation is 2. The highest BCUT2D eigenvalue weighted by atomic mass is 16.5. The first kappa shape index (κ1) is 21.6. The smallest absolute Gasteiger partial charge is 0.306 e. The number of fused-ring (bicyclic) bond motifs is 1. The van der Waals surface area contributed by atoms with Crippen LogP contribution in [0.4, 0.5) is 5.82 Å². The number of rotatable bonds is 6. The Kier molecular flexibility index (Phi) is 5.95. The van der Waals surface area contributed by atoms with E-state index in [1.807, 2.05) is 50.3 Å². The molecule has 1 heterocycles. The third kappa shape index (κ3) is 4.35. The molecule has 2 N–H and O–H groups in total. The second kappa shape index (κ2) is 8.83. The summed E-state index contributed by atoms with van der Waals surface area (Å²) < 4.78 is 5.67. The molecule has 164 valence electrons. The molecule has 0 aliphatic heterocycles. The molecule has 1 atom stereocenters. The number of anilines is 1. The number of allylic oxidation sites excluding steroid dienone is 2. The van der Waals surface area contributed by atoms with Gasteiger partial charge < -0.3 is 15.2 Å². The van der Waals surface area contributed by atoms with E-state index in [1.54, 1.807) is 7.11 Å². The Morgan fingerprint density at radius 2 is 2.03 bits per heavy atom. The molecule has 0 amide bonds. The minimum atomic E-state index is -0.740. The van der Waals surface area contributed by atoms with Crippen molar-refractivity contribution in [2.75, 3.05) is 12.4 Å². The molecular formula is C26H27N3O3. The molecule has 6 nitrogen and oxygen atoms in total. The zero-order chi connectivity index (χ0) is 22.8. The van der Waals surface area contributed by atoms with Crippen LogP contribution in [0.3, 0.4) is 0 Å². The molecule has 3 aromatic rings. The third-order valence-electron chi connectivity index (χ3n) is 5.87. The summed E-state index contributed by atoms with van der Waals surface area (Å²) in [6.07, 6.45) is 3.83. The first-order valence-electron chi connectivity index (χ1n) is 10.7. The summed E-state index contributed by atoms with van der Waals surface area (Å²) in [6, 6.07) is 12.1. The van der Waals surface area contributed by atoms with Crippen LogP contribution in [-0.4, -0.2) is 28.2 Å². The number of hydrogen-bond acceptors (Lipinski definition) is 5. The number of ether oxygens (including phenoxy) is 1. The molecule has 0 fully saturated rings. The summed E-state index contributed by atoms with van der Waals surface area (Å²) in [6.45, 7) is 8.11. The predicted octanol–water partition coefficient (Wildman–Crippen LogP) is 5.61. The molecule has 1 unspecified atom stereocenters. The second-order valence-corrected chi connectivity index (χ2v) is 8.20. The minimum Gasteiger partial charge on any atom is -0.496 e. The summed E-state index contributed by atoms with van der Waals surface area (Å²) in [5.41, 5.74) is 5.72. The molecule has 0 bridgehead atoms. The van der Waals surface area contributed by atoms with Gasteiger partial charge in [-0.3, -0.25) is 4.79 Å². The van der Waals surface area contributed by atoms with Crippen molar-refractivity contribution in [3.63, 3.8) is 0 Å². The van der Waals surface area contributed by atoms with Gasteiger partial charge >= 0.3 is 5.97 Å². The molecule has 1 aliphatic carbocycles. The molecule has 32 heavy (non-hydrogen) atoms. The van der Waals surface area contributed by atoms with Gasteiger partial charge in [0.2, 0.25) is 0 Å². The molecule has 4 rings (SSSR count). The molecule has 0 saturated heterocycles. The predicted molar refractivity (Wildman–Crippen MR) is 128 cm³/mol. The van der Waals surface area contributed by atoms with Crippen molar-refractivity contribution in [3.8, 4) is 5.75 Å². The summed E-state index contributed by atoms with van der Waals surface area (Å²) >= 11 is 0. The lowest BCUT2D eigenvalue weighted by Crippen LogP contribution is -2.16. The van der Waals surface area contributed by atoms with Gasteiger partial charge in [0.05, 0.1) is 18.5 Å². The zero-order valence-corrected chi connectivity index (χ0v) is 18.6. The number of methoxy groups -OCH3 is 1. The number of aromatic nitrogens is 2. The van der Waals surface area contributed by atoms with Gasteiger partial charge in [0.25, 0.3) is 0 Å². The summed E-state index contributed by atoms with van der Waals surface area (Å²) in [5, 5.41) is 13.5. The van der Waals surface area contributed by atoms with Crippen LogP contribution >= 0.6 is 0 Å². The Bertz CT molecular complexity index is 1250. The van der Waals surface area contributed by atoms with Gasteiger partial charge in [0, 0.05) is 22.7 Å². The van der Waals surface area contributed by atoms with Gasteiger partial charge in [-0.25, -0.2) is 9.97 Å². The number of carboxylic acids is 1. The number of benzene rings is 2. The quantitative estimate of drug-likeness (QED) is 0.530. The SMILES string of the molecule is C=C(Nc1nc(C)nc2cc(OC)c(C3=CCC(C(=O)O)CC3)cc12)c1cccc(C)c1. The van der Waals surface area contributed by atoms with Gasteiger partial charge in [0.1, 0.15) is 17.4 Å². The van der Waals surface area contributed by atoms with Gasteiger partial charge in [-0.15, -0.1) is 0 Å². The maximum atomic E-state index is 11.3. The van der Waals surface area contributed by atoms with Crippen molar-refractivity contribution in [1.29, 1.82) is 0 Å². The van der Waals surface area contributed by atoms with E-state index in [1.165, 1.54) is 0 Å². The van der Waals surface area contributed by atoms with Crippen molar-refractivity contribution >= 4 is 34.0 Å². The molecule has 0 spiro atoms. The molecule has 2 aromatic carbocycles. The fraction of sp³-hybridized carbons (Fsp3) is 0.269. The van der Waals surface area contributed by atoms with Gasteiger partial charge in [-0.1, -0.05) is 36.4 Å². The Hall–Kier alpha value is -3.67. The highest BCUT2D eigenvalue weighted by molar-refractivity contribution is 5.96. The maximum Gasteiger partial charge on any atom is 0.306 e. The van der Waals surface area contributed by atoms with Crippen LogP contribution in [0.1, 0.15) is 41.8 Å². The molecule has 1 aromatic heterocycles. The first-order valence-corrected chi connectivity index (χ1v) is 10.7. The molecule has 1 aliphatic rings. The molecule has 6 heteroatoms. The lowest BCUT2D eigenvalue weighted by Gasteiger charge is -2.21. The van der Waals surface area contributed by atoms with Crippen molar-refractivity contribution in [3.05, 3.63) is 71.6 Å². The van der Waals surface area contributed by atoms with Gasteiger partial charge in [0.15, 0.2) is 0 Å². The maximum absolute atomic E-state index is 11.3. The first-order chi connectivity index (χ1) is 15.4. The second-order valence-electron chi connectivity index (χ2n) is 8.20. The molecular weight excluding hydrogens is 402 g/mol. The van der Waals surface area contributed by atoms with Crippen molar-refractivity contribution in [1.82, 2.24) is 9.97 Å². The fourth-order valence-electron chi connectivity index (χ4n) is 4.14. The Morgan fingerprint density at radius 1 is 1.22 bits per heavy atom. The van der Waals surface area contributed by atoms with Crippen molar-refractivity contribution in [2.45, 2.75) is 33.1 Å². The number of nitrogens with one attached hydrogen (secondary N) is 1. The van der Waals surface area contributed by atoms with Crippen LogP contribution in [0, 0.1) is 19.8 Å². The fourth-order valence-corrected chi connectivity index (χ4v) is 4.14. The van der Waals surface area contributed by atoms with E-state index in [0.717, 1.165) is 44.6 Å². The van der Waals surface area contributed by atoms with E-state index >= 15 is 0 Å². The molecule has 0 radical (unpaired) electrons. The van der Waals surface area contributed by atoms with Crippen molar-refractivity contribution in [2.24, 2.45) is 5.92 Å².